The molecule has 5 rings (SSSR count). The lowest BCUT2D eigenvalue weighted by Crippen LogP contribution is -2.32. The van der Waals surface area contributed by atoms with Gasteiger partial charge in [-0.25, -0.2) is 0 Å². The second kappa shape index (κ2) is 28.5. The van der Waals surface area contributed by atoms with Gasteiger partial charge in [-0.2, -0.15) is 0 Å². The summed E-state index contributed by atoms with van der Waals surface area (Å²) in [6, 6.07) is 36.5. The molecule has 0 fully saturated rings. The number of aromatic hydroxyl groups is 2. The third-order valence-electron chi connectivity index (χ3n) is 9.03. The highest BCUT2D eigenvalue weighted by Gasteiger charge is 2.13. The Kier molecular flexibility index (Phi) is 24.8. The fourth-order valence-electron chi connectivity index (χ4n) is 5.50. The summed E-state index contributed by atoms with van der Waals surface area (Å²) in [5.74, 6) is -1.07. The first-order valence-electron chi connectivity index (χ1n) is 20.6. The van der Waals surface area contributed by atoms with Crippen molar-refractivity contribution in [1.29, 1.82) is 0 Å². The summed E-state index contributed by atoms with van der Waals surface area (Å²) in [5, 5.41) is 43.7. The summed E-state index contributed by atoms with van der Waals surface area (Å²) in [6.45, 7) is 16.7. The number of phenolic OH excluding ortho intramolecular Hbond substituents is 2. The molecule has 9 N–H and O–H groups in total. The molecule has 0 saturated carbocycles. The summed E-state index contributed by atoms with van der Waals surface area (Å²) in [6.07, 6.45) is 3.54. The average Bonchev–Trinajstić information content (AvgIpc) is 3.20. The number of aliphatic carboxylic acids is 3. The number of hydrogen-bond acceptors (Lipinski definition) is 7. The molecular formula is C51H68N2O8. The van der Waals surface area contributed by atoms with Crippen molar-refractivity contribution >= 4 is 17.9 Å². The van der Waals surface area contributed by atoms with Gasteiger partial charge in [0.25, 0.3) is 0 Å². The Morgan fingerprint density at radius 2 is 0.623 bits per heavy atom. The Morgan fingerprint density at radius 1 is 0.393 bits per heavy atom. The van der Waals surface area contributed by atoms with E-state index >= 15 is 0 Å². The van der Waals surface area contributed by atoms with Gasteiger partial charge in [0.2, 0.25) is 0 Å². The number of hydrogen-bond donors (Lipinski definition) is 7. The summed E-state index contributed by atoms with van der Waals surface area (Å²) in [7, 11) is 0. The number of nitrogens with two attached hydrogens (primary N) is 2. The number of aryl methyl sites for hydroxylation is 3. The van der Waals surface area contributed by atoms with Crippen LogP contribution in [0.5, 0.6) is 11.5 Å². The molecular weight excluding hydrogens is 769 g/mol. The lowest BCUT2D eigenvalue weighted by molar-refractivity contribution is -0.141. The predicted molar refractivity (Wildman–Crippen MR) is 246 cm³/mol. The molecule has 10 heteroatoms. The molecule has 0 aromatic heterocycles. The summed E-state index contributed by atoms with van der Waals surface area (Å²) >= 11 is 0. The summed E-state index contributed by atoms with van der Waals surface area (Å²) < 4.78 is 0. The molecule has 0 aliphatic heterocycles. The van der Waals surface area contributed by atoms with Crippen LogP contribution in [0.4, 0.5) is 0 Å². The van der Waals surface area contributed by atoms with E-state index in [4.69, 9.17) is 37.0 Å². The van der Waals surface area contributed by atoms with Gasteiger partial charge in [0.15, 0.2) is 0 Å². The molecule has 0 spiro atoms. The molecule has 0 amide bonds. The van der Waals surface area contributed by atoms with E-state index in [1.54, 1.807) is 31.2 Å². The predicted octanol–water partition coefficient (Wildman–Crippen LogP) is 9.34. The van der Waals surface area contributed by atoms with Crippen LogP contribution < -0.4 is 11.5 Å². The minimum atomic E-state index is -1.02. The van der Waals surface area contributed by atoms with Gasteiger partial charge in [-0.1, -0.05) is 148 Å². The van der Waals surface area contributed by atoms with E-state index in [1.165, 1.54) is 40.8 Å². The molecule has 3 atom stereocenters. The van der Waals surface area contributed by atoms with Crippen molar-refractivity contribution in [3.8, 4) is 11.5 Å². The van der Waals surface area contributed by atoms with Crippen LogP contribution in [-0.2, 0) is 46.5 Å². The third-order valence-corrected chi connectivity index (χ3v) is 9.03. The Morgan fingerprint density at radius 3 is 0.852 bits per heavy atom. The summed E-state index contributed by atoms with van der Waals surface area (Å²) in [4.78, 5) is 31.4. The number of rotatable bonds is 13. The number of phenols is 2. The quantitative estimate of drug-likeness (QED) is 0.0599. The first-order chi connectivity index (χ1) is 28.6. The van der Waals surface area contributed by atoms with Gasteiger partial charge in [0, 0.05) is 0 Å². The Bertz CT molecular complexity index is 1770. The molecule has 0 aliphatic rings. The van der Waals surface area contributed by atoms with Gasteiger partial charge in [0.1, 0.15) is 23.6 Å². The van der Waals surface area contributed by atoms with Crippen molar-refractivity contribution in [3.05, 3.63) is 166 Å². The lowest BCUT2D eigenvalue weighted by atomic mass is 10.0. The van der Waals surface area contributed by atoms with Gasteiger partial charge < -0.3 is 37.0 Å². The second-order valence-electron chi connectivity index (χ2n) is 16.2. The van der Waals surface area contributed by atoms with Crippen molar-refractivity contribution < 1.29 is 39.9 Å². The van der Waals surface area contributed by atoms with Crippen molar-refractivity contribution in [1.82, 2.24) is 0 Å². The van der Waals surface area contributed by atoms with Crippen LogP contribution in [0.3, 0.4) is 0 Å². The standard InChI is InChI=1S/C11H14O2.C11H16.C10H13NO2.C10H14O.C9H11NO3/c1-8-3-5-10(6-4-8)7-9(2)11(12)13;1-9(2)8-11-6-4-10(3)5-7-11;1-7-2-4-8(5-3-7)6-9(11)10(12)13;1-8(2)7-9-3-5-10(11)6-4-9;10-8(9(12)13)5-6-1-3-7(11)4-2-6/h3-6,9H,7H2,1-2H3,(H,12,13);4-7,9H,8H2,1-3H3;2-5,9H,6,11H2,1H3,(H,12,13);3-6,8,11H,7H2,1-2H3;1-4,8,11H,5,10H2,(H,12,13)/t9-;;9-;;8-/m0.0.0/s1. The van der Waals surface area contributed by atoms with Crippen molar-refractivity contribution in [2.24, 2.45) is 29.2 Å². The van der Waals surface area contributed by atoms with E-state index in [0.717, 1.165) is 34.6 Å². The first-order valence-corrected chi connectivity index (χ1v) is 20.6. The molecule has 0 bridgehead atoms. The molecule has 5 aromatic rings. The van der Waals surface area contributed by atoms with E-state index in [9.17, 15) is 14.4 Å². The maximum atomic E-state index is 10.6. The molecule has 10 nitrogen and oxygen atoms in total. The minimum Gasteiger partial charge on any atom is -0.508 e. The highest BCUT2D eigenvalue weighted by atomic mass is 16.4. The van der Waals surface area contributed by atoms with Gasteiger partial charge in [-0.05, 0) is 117 Å². The molecule has 61 heavy (non-hydrogen) atoms. The van der Waals surface area contributed by atoms with E-state index in [1.807, 2.05) is 74.5 Å². The van der Waals surface area contributed by atoms with E-state index in [0.29, 0.717) is 24.5 Å². The van der Waals surface area contributed by atoms with Gasteiger partial charge >= 0.3 is 17.9 Å². The number of carboxylic acids is 3. The SMILES string of the molecule is CC(C)Cc1ccc(O)cc1.Cc1ccc(CC(C)C)cc1.Cc1ccc(C[C@H](C)C(=O)O)cc1.Cc1ccc(C[C@H](N)C(=O)O)cc1.N[C@@H](Cc1ccc(O)cc1)C(=O)O. The maximum Gasteiger partial charge on any atom is 0.320 e. The Labute approximate surface area is 362 Å². The van der Waals surface area contributed by atoms with Crippen LogP contribution in [0.2, 0.25) is 0 Å². The molecule has 0 unspecified atom stereocenters. The highest BCUT2D eigenvalue weighted by Crippen LogP contribution is 2.14. The third kappa shape index (κ3) is 25.3. The molecule has 0 saturated heterocycles. The fraction of sp³-hybridized carbons (Fsp3) is 0.353. The van der Waals surface area contributed by atoms with Gasteiger partial charge in [0.05, 0.1) is 5.92 Å². The number of carboxylic acid groups (broad SMARTS) is 3. The van der Waals surface area contributed by atoms with Gasteiger partial charge in [-0.15, -0.1) is 0 Å². The fourth-order valence-corrected chi connectivity index (χ4v) is 5.50. The van der Waals surface area contributed by atoms with Crippen molar-refractivity contribution in [2.45, 2.75) is 99.6 Å². The smallest absolute Gasteiger partial charge is 0.320 e. The van der Waals surface area contributed by atoms with E-state index in [-0.39, 0.29) is 18.1 Å². The average molecular weight is 837 g/mol. The highest BCUT2D eigenvalue weighted by molar-refractivity contribution is 5.74. The van der Waals surface area contributed by atoms with Crippen LogP contribution in [0.1, 0.15) is 79.1 Å². The maximum absolute atomic E-state index is 10.6. The lowest BCUT2D eigenvalue weighted by Gasteiger charge is -2.05. The Balaban J connectivity index is 0.000000382. The zero-order chi connectivity index (χ0) is 46.1. The Hall–Kier alpha value is -5.97. The van der Waals surface area contributed by atoms with Crippen LogP contribution in [0.15, 0.2) is 121 Å². The number of carbonyl (C=O) groups is 3. The van der Waals surface area contributed by atoms with Crippen LogP contribution in [0.25, 0.3) is 0 Å². The van der Waals surface area contributed by atoms with Gasteiger partial charge in [-0.3, -0.25) is 14.4 Å². The van der Waals surface area contributed by atoms with Crippen LogP contribution in [-0.4, -0.2) is 55.5 Å². The topological polar surface area (TPSA) is 204 Å². The first kappa shape index (κ1) is 53.0. The van der Waals surface area contributed by atoms with E-state index < -0.39 is 30.0 Å². The van der Waals surface area contributed by atoms with E-state index in [2.05, 4.69) is 58.9 Å². The number of benzene rings is 5. The van der Waals surface area contributed by atoms with Crippen molar-refractivity contribution in [2.75, 3.05) is 0 Å². The van der Waals surface area contributed by atoms with Crippen LogP contribution in [0, 0.1) is 38.5 Å². The zero-order valence-electron chi connectivity index (χ0n) is 37.1. The normalized spacial score (nSPS) is 11.7. The minimum absolute atomic E-state index is 0.160. The largest absolute Gasteiger partial charge is 0.508 e. The second-order valence-corrected chi connectivity index (χ2v) is 16.2. The zero-order valence-corrected chi connectivity index (χ0v) is 37.1. The molecule has 5 aromatic carbocycles. The monoisotopic (exact) mass is 836 g/mol. The molecule has 0 radical (unpaired) electrons. The van der Waals surface area contributed by atoms with Crippen LogP contribution >= 0.6 is 0 Å². The summed E-state index contributed by atoms with van der Waals surface area (Å²) in [5.41, 5.74) is 20.0. The molecule has 0 heterocycles. The van der Waals surface area contributed by atoms with Crippen molar-refractivity contribution in [3.63, 3.8) is 0 Å². The molecule has 330 valence electrons. The molecule has 0 aliphatic carbocycles.